The van der Waals surface area contributed by atoms with Crippen molar-refractivity contribution in [2.75, 3.05) is 44.8 Å². The van der Waals surface area contributed by atoms with Crippen LogP contribution in [-0.4, -0.2) is 59.3 Å². The van der Waals surface area contributed by atoms with Gasteiger partial charge < -0.3 is 14.8 Å². The van der Waals surface area contributed by atoms with Gasteiger partial charge in [0.2, 0.25) is 0 Å². The summed E-state index contributed by atoms with van der Waals surface area (Å²) >= 11 is 0. The quantitative estimate of drug-likeness (QED) is 0.435. The highest BCUT2D eigenvalue weighted by atomic mass is 19.2. The molecule has 34 heavy (non-hydrogen) atoms. The molecule has 3 heterocycles. The molecule has 7 nitrogen and oxygen atoms in total. The third kappa shape index (κ3) is 5.11. The highest BCUT2D eigenvalue weighted by molar-refractivity contribution is 5.93. The number of ether oxygens (including phenoxy) is 2. The van der Waals surface area contributed by atoms with Crippen LogP contribution in [0.5, 0.6) is 5.75 Å². The standard InChI is InChI=1S/C25H23F2N5O2/c26-21-5-3-18(14-22(21)27)29-25-20-15-19(34-13-10-32-8-11-33-12-9-32)4-6-23(20)30-24(31-25)17-2-1-7-28-16-17/h1-7,14-16H,8-13H2,(H,29,30,31). The van der Waals surface area contributed by atoms with Crippen LogP contribution in [0.25, 0.3) is 22.3 Å². The Kier molecular flexibility index (Phi) is 6.55. The lowest BCUT2D eigenvalue weighted by atomic mass is 10.2. The summed E-state index contributed by atoms with van der Waals surface area (Å²) in [6.45, 7) is 4.61. The molecule has 0 atom stereocenters. The third-order valence-corrected chi connectivity index (χ3v) is 5.55. The van der Waals surface area contributed by atoms with Crippen molar-refractivity contribution in [2.45, 2.75) is 0 Å². The SMILES string of the molecule is Fc1ccc(Nc2nc(-c3cccnc3)nc3ccc(OCCN4CCOCC4)cc23)cc1F. The van der Waals surface area contributed by atoms with E-state index in [2.05, 4.69) is 25.2 Å². The summed E-state index contributed by atoms with van der Waals surface area (Å²) in [5.74, 6) is -0.264. The molecule has 1 saturated heterocycles. The Morgan fingerprint density at radius 1 is 1.00 bits per heavy atom. The summed E-state index contributed by atoms with van der Waals surface area (Å²) in [5, 5.41) is 3.80. The summed E-state index contributed by atoms with van der Waals surface area (Å²) in [6, 6.07) is 12.9. The number of benzene rings is 2. The van der Waals surface area contributed by atoms with Gasteiger partial charge in [-0.3, -0.25) is 9.88 Å². The van der Waals surface area contributed by atoms with Gasteiger partial charge >= 0.3 is 0 Å². The molecule has 5 rings (SSSR count). The van der Waals surface area contributed by atoms with E-state index in [4.69, 9.17) is 9.47 Å². The minimum absolute atomic E-state index is 0.370. The van der Waals surface area contributed by atoms with Crippen molar-refractivity contribution < 1.29 is 18.3 Å². The first kappa shape index (κ1) is 22.1. The molecule has 0 spiro atoms. The molecule has 4 aromatic rings. The van der Waals surface area contributed by atoms with Crippen molar-refractivity contribution in [3.05, 3.63) is 72.6 Å². The van der Waals surface area contributed by atoms with Crippen molar-refractivity contribution in [2.24, 2.45) is 0 Å². The predicted molar refractivity (Wildman–Crippen MR) is 125 cm³/mol. The van der Waals surface area contributed by atoms with Crippen molar-refractivity contribution in [3.63, 3.8) is 0 Å². The number of nitrogens with one attached hydrogen (secondary N) is 1. The molecule has 1 aliphatic heterocycles. The number of nitrogens with zero attached hydrogens (tertiary/aromatic N) is 4. The summed E-state index contributed by atoms with van der Waals surface area (Å²) in [6.07, 6.45) is 3.34. The number of rotatable bonds is 7. The van der Waals surface area contributed by atoms with E-state index in [1.165, 1.54) is 6.07 Å². The van der Waals surface area contributed by atoms with Crippen molar-refractivity contribution in [1.82, 2.24) is 19.9 Å². The lowest BCUT2D eigenvalue weighted by Crippen LogP contribution is -2.38. The Morgan fingerprint density at radius 3 is 2.68 bits per heavy atom. The van der Waals surface area contributed by atoms with E-state index in [0.717, 1.165) is 50.5 Å². The first-order valence-electron chi connectivity index (χ1n) is 11.0. The van der Waals surface area contributed by atoms with Gasteiger partial charge in [-0.15, -0.1) is 0 Å². The number of halogens is 2. The second kappa shape index (κ2) is 10.1. The fourth-order valence-electron chi connectivity index (χ4n) is 3.74. The van der Waals surface area contributed by atoms with Gasteiger partial charge in [0.25, 0.3) is 0 Å². The Bertz CT molecular complexity index is 1280. The molecule has 0 saturated carbocycles. The lowest BCUT2D eigenvalue weighted by Gasteiger charge is -2.26. The molecule has 0 bridgehead atoms. The number of hydrogen-bond acceptors (Lipinski definition) is 7. The van der Waals surface area contributed by atoms with E-state index >= 15 is 0 Å². The smallest absolute Gasteiger partial charge is 0.163 e. The Hall–Kier alpha value is -3.69. The molecule has 1 fully saturated rings. The number of pyridine rings is 1. The highest BCUT2D eigenvalue weighted by Crippen LogP contribution is 2.30. The molecular formula is C25H23F2N5O2. The van der Waals surface area contributed by atoms with Crippen molar-refractivity contribution in [1.29, 1.82) is 0 Å². The molecule has 174 valence electrons. The van der Waals surface area contributed by atoms with Crippen LogP contribution >= 0.6 is 0 Å². The van der Waals surface area contributed by atoms with Crippen LogP contribution < -0.4 is 10.1 Å². The molecule has 1 aliphatic rings. The van der Waals surface area contributed by atoms with Gasteiger partial charge in [0.1, 0.15) is 18.2 Å². The van der Waals surface area contributed by atoms with E-state index in [1.807, 2.05) is 24.3 Å². The Morgan fingerprint density at radius 2 is 1.88 bits per heavy atom. The van der Waals surface area contributed by atoms with Gasteiger partial charge in [-0.1, -0.05) is 0 Å². The molecule has 2 aromatic carbocycles. The van der Waals surface area contributed by atoms with Gasteiger partial charge in [0.05, 0.1) is 18.7 Å². The molecule has 0 unspecified atom stereocenters. The molecule has 1 N–H and O–H groups in total. The van der Waals surface area contributed by atoms with E-state index in [0.29, 0.717) is 40.6 Å². The zero-order valence-corrected chi connectivity index (χ0v) is 18.4. The molecule has 0 radical (unpaired) electrons. The lowest BCUT2D eigenvalue weighted by molar-refractivity contribution is 0.0322. The predicted octanol–water partition coefficient (Wildman–Crippen LogP) is 4.42. The minimum Gasteiger partial charge on any atom is -0.492 e. The van der Waals surface area contributed by atoms with Crippen LogP contribution in [0.3, 0.4) is 0 Å². The van der Waals surface area contributed by atoms with Gasteiger partial charge in [-0.2, -0.15) is 0 Å². The normalized spacial score (nSPS) is 14.3. The first-order valence-corrected chi connectivity index (χ1v) is 11.0. The maximum atomic E-state index is 13.8. The van der Waals surface area contributed by atoms with Crippen LogP contribution in [0.4, 0.5) is 20.3 Å². The zero-order chi connectivity index (χ0) is 23.3. The minimum atomic E-state index is -0.942. The Balaban J connectivity index is 1.45. The van der Waals surface area contributed by atoms with Crippen molar-refractivity contribution >= 4 is 22.4 Å². The second-order valence-electron chi connectivity index (χ2n) is 7.87. The topological polar surface area (TPSA) is 72.4 Å². The van der Waals surface area contributed by atoms with Gasteiger partial charge in [-0.05, 0) is 42.5 Å². The van der Waals surface area contributed by atoms with Crippen LogP contribution in [0.1, 0.15) is 0 Å². The number of aromatic nitrogens is 3. The number of fused-ring (bicyclic) bond motifs is 1. The van der Waals surface area contributed by atoms with E-state index in [1.54, 1.807) is 18.5 Å². The first-order chi connectivity index (χ1) is 16.7. The Labute approximate surface area is 195 Å². The third-order valence-electron chi connectivity index (χ3n) is 5.55. The average molecular weight is 463 g/mol. The van der Waals surface area contributed by atoms with Crippen LogP contribution in [0, 0.1) is 11.6 Å². The van der Waals surface area contributed by atoms with E-state index < -0.39 is 11.6 Å². The summed E-state index contributed by atoms with van der Waals surface area (Å²) in [4.78, 5) is 15.8. The van der Waals surface area contributed by atoms with Gasteiger partial charge in [0, 0.05) is 54.7 Å². The van der Waals surface area contributed by atoms with E-state index in [-0.39, 0.29) is 0 Å². The summed E-state index contributed by atoms with van der Waals surface area (Å²) < 4.78 is 38.6. The fraction of sp³-hybridized carbons (Fsp3) is 0.240. The zero-order valence-electron chi connectivity index (χ0n) is 18.4. The maximum Gasteiger partial charge on any atom is 0.163 e. The average Bonchev–Trinajstić information content (AvgIpc) is 2.87. The summed E-state index contributed by atoms with van der Waals surface area (Å²) in [7, 11) is 0. The number of hydrogen-bond donors (Lipinski definition) is 1. The maximum absolute atomic E-state index is 13.8. The number of morpholine rings is 1. The molecule has 2 aromatic heterocycles. The van der Waals surface area contributed by atoms with Crippen LogP contribution in [0.15, 0.2) is 60.9 Å². The van der Waals surface area contributed by atoms with Crippen LogP contribution in [-0.2, 0) is 4.74 Å². The van der Waals surface area contributed by atoms with Gasteiger partial charge in [0.15, 0.2) is 17.5 Å². The largest absolute Gasteiger partial charge is 0.492 e. The van der Waals surface area contributed by atoms with E-state index in [9.17, 15) is 8.78 Å². The van der Waals surface area contributed by atoms with Crippen LogP contribution in [0.2, 0.25) is 0 Å². The molecule has 9 heteroatoms. The fourth-order valence-corrected chi connectivity index (χ4v) is 3.74. The highest BCUT2D eigenvalue weighted by Gasteiger charge is 2.14. The van der Waals surface area contributed by atoms with Crippen molar-refractivity contribution in [3.8, 4) is 17.1 Å². The molecule has 0 amide bonds. The summed E-state index contributed by atoms with van der Waals surface area (Å²) in [5.41, 5.74) is 1.79. The molecule has 0 aliphatic carbocycles. The second-order valence-corrected chi connectivity index (χ2v) is 7.87. The monoisotopic (exact) mass is 463 g/mol. The molecular weight excluding hydrogens is 440 g/mol. The van der Waals surface area contributed by atoms with Gasteiger partial charge in [-0.25, -0.2) is 18.7 Å². The number of anilines is 2.